The highest BCUT2D eigenvalue weighted by Gasteiger charge is 2.10. The molecule has 3 aromatic heterocycles. The predicted octanol–water partition coefficient (Wildman–Crippen LogP) is 3.69. The van der Waals surface area contributed by atoms with Crippen LogP contribution in [0.25, 0.3) is 11.3 Å². The molecule has 0 saturated heterocycles. The summed E-state index contributed by atoms with van der Waals surface area (Å²) >= 11 is 0. The number of pyridine rings is 1. The molecule has 0 atom stereocenters. The molecule has 0 unspecified atom stereocenters. The zero-order valence-corrected chi connectivity index (χ0v) is 13.2. The third-order valence-electron chi connectivity index (χ3n) is 4.10. The van der Waals surface area contributed by atoms with Gasteiger partial charge in [-0.3, -0.25) is 4.79 Å². The standard InChI is InChI=1S/C19H16N4O/c1-14-17(8-9-18-20-10-13-23(14)18)21-19(24)15-4-6-16(7-5-15)22-11-2-3-12-22/h2-13H,1H3,(H,21,24). The van der Waals surface area contributed by atoms with Crippen molar-refractivity contribution in [3.05, 3.63) is 84.6 Å². The van der Waals surface area contributed by atoms with E-state index < -0.39 is 0 Å². The molecule has 0 aliphatic heterocycles. The van der Waals surface area contributed by atoms with Crippen molar-refractivity contribution in [2.45, 2.75) is 6.92 Å². The Labute approximate surface area is 139 Å². The summed E-state index contributed by atoms with van der Waals surface area (Å²) in [6.45, 7) is 1.96. The molecule has 0 bridgehead atoms. The van der Waals surface area contributed by atoms with Crippen molar-refractivity contribution >= 4 is 17.2 Å². The summed E-state index contributed by atoms with van der Waals surface area (Å²) < 4.78 is 3.95. The highest BCUT2D eigenvalue weighted by atomic mass is 16.1. The van der Waals surface area contributed by atoms with E-state index in [0.717, 1.165) is 22.7 Å². The quantitative estimate of drug-likeness (QED) is 0.627. The van der Waals surface area contributed by atoms with Gasteiger partial charge in [-0.15, -0.1) is 0 Å². The van der Waals surface area contributed by atoms with Crippen LogP contribution in [0.2, 0.25) is 0 Å². The minimum absolute atomic E-state index is 0.128. The van der Waals surface area contributed by atoms with Crippen LogP contribution in [0.5, 0.6) is 0 Å². The Kier molecular flexibility index (Phi) is 3.39. The first-order chi connectivity index (χ1) is 11.7. The lowest BCUT2D eigenvalue weighted by molar-refractivity contribution is 0.102. The molecule has 5 heteroatoms. The minimum atomic E-state index is -0.128. The van der Waals surface area contributed by atoms with E-state index in [1.807, 2.05) is 83.0 Å². The number of fused-ring (bicyclic) bond motifs is 1. The number of rotatable bonds is 3. The van der Waals surface area contributed by atoms with E-state index in [1.165, 1.54) is 0 Å². The van der Waals surface area contributed by atoms with Crippen LogP contribution < -0.4 is 5.32 Å². The van der Waals surface area contributed by atoms with Gasteiger partial charge >= 0.3 is 0 Å². The molecule has 0 aliphatic carbocycles. The van der Waals surface area contributed by atoms with Gasteiger partial charge in [0.1, 0.15) is 5.65 Å². The SMILES string of the molecule is Cc1c(NC(=O)c2ccc(-n3cccc3)cc2)ccc2nccn12. The van der Waals surface area contributed by atoms with E-state index in [2.05, 4.69) is 10.3 Å². The van der Waals surface area contributed by atoms with Crippen LogP contribution in [0.3, 0.4) is 0 Å². The molecular weight excluding hydrogens is 300 g/mol. The fourth-order valence-electron chi connectivity index (χ4n) is 2.75. The van der Waals surface area contributed by atoms with Crippen LogP contribution in [-0.4, -0.2) is 19.9 Å². The zero-order chi connectivity index (χ0) is 16.5. The molecule has 4 rings (SSSR count). The largest absolute Gasteiger partial charge is 0.324 e. The number of carbonyl (C=O) groups excluding carboxylic acids is 1. The molecule has 1 N–H and O–H groups in total. The first kappa shape index (κ1) is 14.3. The number of nitrogens with zero attached hydrogens (tertiary/aromatic N) is 3. The predicted molar refractivity (Wildman–Crippen MR) is 93.7 cm³/mol. The Balaban J connectivity index is 1.58. The maximum Gasteiger partial charge on any atom is 0.255 e. The van der Waals surface area contributed by atoms with Crippen LogP contribution in [-0.2, 0) is 0 Å². The van der Waals surface area contributed by atoms with Gasteiger partial charge in [0, 0.05) is 41.7 Å². The lowest BCUT2D eigenvalue weighted by Crippen LogP contribution is -2.13. The van der Waals surface area contributed by atoms with Crippen molar-refractivity contribution in [1.29, 1.82) is 0 Å². The summed E-state index contributed by atoms with van der Waals surface area (Å²) in [5.74, 6) is -0.128. The molecule has 5 nitrogen and oxygen atoms in total. The summed E-state index contributed by atoms with van der Waals surface area (Å²) in [7, 11) is 0. The number of hydrogen-bond acceptors (Lipinski definition) is 2. The maximum atomic E-state index is 12.5. The van der Waals surface area contributed by atoms with Crippen LogP contribution >= 0.6 is 0 Å². The average molecular weight is 316 g/mol. The third kappa shape index (κ3) is 2.46. The first-order valence-electron chi connectivity index (χ1n) is 7.70. The number of hydrogen-bond donors (Lipinski definition) is 1. The molecule has 0 saturated carbocycles. The van der Waals surface area contributed by atoms with Crippen molar-refractivity contribution in [3.8, 4) is 5.69 Å². The molecule has 0 fully saturated rings. The van der Waals surface area contributed by atoms with Crippen LogP contribution in [0.4, 0.5) is 5.69 Å². The zero-order valence-electron chi connectivity index (χ0n) is 13.2. The highest BCUT2D eigenvalue weighted by molar-refractivity contribution is 6.04. The molecule has 1 aromatic carbocycles. The second-order valence-electron chi connectivity index (χ2n) is 5.58. The summed E-state index contributed by atoms with van der Waals surface area (Å²) in [5.41, 5.74) is 4.23. The topological polar surface area (TPSA) is 51.3 Å². The van der Waals surface area contributed by atoms with Crippen LogP contribution in [0, 0.1) is 6.92 Å². The molecule has 0 radical (unpaired) electrons. The number of nitrogens with one attached hydrogen (secondary N) is 1. The van der Waals surface area contributed by atoms with E-state index in [1.54, 1.807) is 6.20 Å². The lowest BCUT2D eigenvalue weighted by atomic mass is 10.2. The van der Waals surface area contributed by atoms with E-state index in [4.69, 9.17) is 0 Å². The number of aryl methyl sites for hydroxylation is 1. The van der Waals surface area contributed by atoms with E-state index in [9.17, 15) is 4.79 Å². The van der Waals surface area contributed by atoms with Gasteiger partial charge in [-0.25, -0.2) is 4.98 Å². The van der Waals surface area contributed by atoms with Crippen molar-refractivity contribution < 1.29 is 4.79 Å². The van der Waals surface area contributed by atoms with Gasteiger partial charge in [-0.2, -0.15) is 0 Å². The van der Waals surface area contributed by atoms with Crippen molar-refractivity contribution in [2.75, 3.05) is 5.32 Å². The Morgan fingerprint density at radius 2 is 1.75 bits per heavy atom. The van der Waals surface area contributed by atoms with Crippen LogP contribution in [0.15, 0.2) is 73.3 Å². The molecule has 0 aliphatic rings. The van der Waals surface area contributed by atoms with Crippen LogP contribution in [0.1, 0.15) is 16.1 Å². The van der Waals surface area contributed by atoms with E-state index in [-0.39, 0.29) is 5.91 Å². The summed E-state index contributed by atoms with van der Waals surface area (Å²) in [6, 6.07) is 15.2. The highest BCUT2D eigenvalue weighted by Crippen LogP contribution is 2.18. The number of carbonyl (C=O) groups is 1. The number of amides is 1. The molecule has 0 spiro atoms. The Morgan fingerprint density at radius 1 is 1.00 bits per heavy atom. The van der Waals surface area contributed by atoms with Gasteiger partial charge in [-0.05, 0) is 55.5 Å². The average Bonchev–Trinajstić information content (AvgIpc) is 3.29. The van der Waals surface area contributed by atoms with Crippen molar-refractivity contribution in [3.63, 3.8) is 0 Å². The van der Waals surface area contributed by atoms with E-state index >= 15 is 0 Å². The summed E-state index contributed by atoms with van der Waals surface area (Å²) in [6.07, 6.45) is 7.57. The van der Waals surface area contributed by atoms with Gasteiger partial charge in [0.05, 0.1) is 5.69 Å². The first-order valence-corrected chi connectivity index (χ1v) is 7.70. The summed E-state index contributed by atoms with van der Waals surface area (Å²) in [5, 5.41) is 2.97. The summed E-state index contributed by atoms with van der Waals surface area (Å²) in [4.78, 5) is 16.7. The number of aromatic nitrogens is 3. The minimum Gasteiger partial charge on any atom is -0.324 e. The van der Waals surface area contributed by atoms with Gasteiger partial charge < -0.3 is 14.3 Å². The lowest BCUT2D eigenvalue weighted by Gasteiger charge is -2.11. The Morgan fingerprint density at radius 3 is 2.50 bits per heavy atom. The maximum absolute atomic E-state index is 12.5. The molecule has 3 heterocycles. The number of benzene rings is 1. The second-order valence-corrected chi connectivity index (χ2v) is 5.58. The fraction of sp³-hybridized carbons (Fsp3) is 0.0526. The molecule has 4 aromatic rings. The second kappa shape index (κ2) is 5.70. The van der Waals surface area contributed by atoms with Gasteiger partial charge in [0.2, 0.25) is 0 Å². The normalized spacial score (nSPS) is 10.9. The third-order valence-corrected chi connectivity index (χ3v) is 4.10. The molecule has 24 heavy (non-hydrogen) atoms. The molecule has 118 valence electrons. The molecule has 1 amide bonds. The van der Waals surface area contributed by atoms with E-state index in [0.29, 0.717) is 5.56 Å². The molecular formula is C19H16N4O. The van der Waals surface area contributed by atoms with Crippen molar-refractivity contribution in [1.82, 2.24) is 14.0 Å². The smallest absolute Gasteiger partial charge is 0.255 e. The fourth-order valence-corrected chi connectivity index (χ4v) is 2.75. The van der Waals surface area contributed by atoms with Gasteiger partial charge in [0.15, 0.2) is 0 Å². The number of imidazole rings is 1. The number of anilines is 1. The van der Waals surface area contributed by atoms with Crippen molar-refractivity contribution in [2.24, 2.45) is 0 Å². The Hall–Kier alpha value is -3.34. The van der Waals surface area contributed by atoms with Gasteiger partial charge in [-0.1, -0.05) is 0 Å². The Bertz CT molecular complexity index is 998. The van der Waals surface area contributed by atoms with Gasteiger partial charge in [0.25, 0.3) is 5.91 Å². The monoisotopic (exact) mass is 316 g/mol.